The van der Waals surface area contributed by atoms with Crippen LogP contribution in [0.4, 0.5) is 0 Å². The van der Waals surface area contributed by atoms with Crippen LogP contribution in [-0.2, 0) is 9.47 Å². The van der Waals surface area contributed by atoms with Gasteiger partial charge in [0.05, 0.1) is 12.7 Å². The van der Waals surface area contributed by atoms with Gasteiger partial charge in [-0.05, 0) is 13.3 Å². The van der Waals surface area contributed by atoms with Gasteiger partial charge in [0.25, 0.3) is 0 Å². The van der Waals surface area contributed by atoms with Crippen molar-refractivity contribution in [3.8, 4) is 0 Å². The third-order valence-corrected chi connectivity index (χ3v) is 1.47. The van der Waals surface area contributed by atoms with Crippen LogP contribution in [0.1, 0.15) is 27.2 Å². The smallest absolute Gasteiger partial charge is 0.147 e. The van der Waals surface area contributed by atoms with Gasteiger partial charge in [-0.25, -0.2) is 0 Å². The van der Waals surface area contributed by atoms with Gasteiger partial charge in [0.1, 0.15) is 6.79 Å². The number of ether oxygens (including phenoxy) is 2. The van der Waals surface area contributed by atoms with E-state index in [1.54, 1.807) is 0 Å². The summed E-state index contributed by atoms with van der Waals surface area (Å²) in [4.78, 5) is 0. The van der Waals surface area contributed by atoms with Gasteiger partial charge in [0, 0.05) is 0 Å². The summed E-state index contributed by atoms with van der Waals surface area (Å²) in [6.07, 6.45) is 9.24. The molecule has 1 aliphatic rings. The first-order chi connectivity index (χ1) is 6.39. The Morgan fingerprint density at radius 2 is 2.00 bits per heavy atom. The lowest BCUT2D eigenvalue weighted by Gasteiger charge is -2.09. The highest BCUT2D eigenvalue weighted by Gasteiger charge is 1.95. The zero-order valence-electron chi connectivity index (χ0n) is 8.82. The van der Waals surface area contributed by atoms with Crippen molar-refractivity contribution in [2.24, 2.45) is 0 Å². The summed E-state index contributed by atoms with van der Waals surface area (Å²) in [5.74, 6) is 0. The largest absolute Gasteiger partial charge is 0.355 e. The lowest BCUT2D eigenvalue weighted by atomic mass is 10.3. The van der Waals surface area contributed by atoms with Gasteiger partial charge in [-0.1, -0.05) is 38.2 Å². The molecule has 1 rings (SSSR count). The van der Waals surface area contributed by atoms with E-state index in [9.17, 15) is 0 Å². The Morgan fingerprint density at radius 1 is 1.23 bits per heavy atom. The second kappa shape index (κ2) is 9.49. The molecule has 0 bridgehead atoms. The molecule has 0 fully saturated rings. The van der Waals surface area contributed by atoms with Crippen molar-refractivity contribution in [2.75, 3.05) is 13.4 Å². The molecule has 1 atom stereocenters. The van der Waals surface area contributed by atoms with E-state index < -0.39 is 0 Å². The van der Waals surface area contributed by atoms with Crippen molar-refractivity contribution in [3.63, 3.8) is 0 Å². The van der Waals surface area contributed by atoms with Gasteiger partial charge in [0.15, 0.2) is 0 Å². The SMILES string of the molecule is CC.CC1/C=C\C=C/CCOCO1. The monoisotopic (exact) mass is 184 g/mol. The zero-order chi connectivity index (χ0) is 9.94. The fourth-order valence-electron chi connectivity index (χ4n) is 0.817. The molecule has 0 amide bonds. The minimum Gasteiger partial charge on any atom is -0.355 e. The van der Waals surface area contributed by atoms with E-state index in [1.165, 1.54) is 0 Å². The van der Waals surface area contributed by atoms with Crippen molar-refractivity contribution in [1.82, 2.24) is 0 Å². The van der Waals surface area contributed by atoms with Gasteiger partial charge in [0.2, 0.25) is 0 Å². The van der Waals surface area contributed by atoms with Gasteiger partial charge >= 0.3 is 0 Å². The second-order valence-corrected chi connectivity index (χ2v) is 2.50. The van der Waals surface area contributed by atoms with Crippen molar-refractivity contribution in [2.45, 2.75) is 33.3 Å². The maximum atomic E-state index is 5.28. The van der Waals surface area contributed by atoms with Crippen LogP contribution in [0.2, 0.25) is 0 Å². The van der Waals surface area contributed by atoms with Gasteiger partial charge in [-0.15, -0.1) is 0 Å². The number of rotatable bonds is 0. The summed E-state index contributed by atoms with van der Waals surface area (Å²) in [5.41, 5.74) is 0. The first-order valence-corrected chi connectivity index (χ1v) is 4.92. The topological polar surface area (TPSA) is 18.5 Å². The quantitative estimate of drug-likeness (QED) is 0.576. The molecule has 0 aromatic heterocycles. The summed E-state index contributed by atoms with van der Waals surface area (Å²) < 4.78 is 10.4. The molecule has 0 aromatic rings. The minimum absolute atomic E-state index is 0.151. The summed E-state index contributed by atoms with van der Waals surface area (Å²) in [6, 6.07) is 0. The molecule has 1 aliphatic heterocycles. The molecule has 2 heteroatoms. The zero-order valence-corrected chi connectivity index (χ0v) is 8.82. The van der Waals surface area contributed by atoms with Crippen LogP contribution in [-0.4, -0.2) is 19.5 Å². The van der Waals surface area contributed by atoms with Gasteiger partial charge in [-0.3, -0.25) is 0 Å². The van der Waals surface area contributed by atoms with Crippen LogP contribution in [0.15, 0.2) is 24.3 Å². The number of hydrogen-bond donors (Lipinski definition) is 0. The maximum Gasteiger partial charge on any atom is 0.147 e. The van der Waals surface area contributed by atoms with Crippen molar-refractivity contribution < 1.29 is 9.47 Å². The molecule has 1 unspecified atom stereocenters. The molecule has 2 nitrogen and oxygen atoms in total. The van der Waals surface area contributed by atoms with E-state index in [-0.39, 0.29) is 6.10 Å². The first-order valence-electron chi connectivity index (χ1n) is 4.92. The third kappa shape index (κ3) is 7.75. The predicted molar refractivity (Wildman–Crippen MR) is 55.6 cm³/mol. The Balaban J connectivity index is 0.000000671. The molecule has 0 aromatic carbocycles. The predicted octanol–water partition coefficient (Wildman–Crippen LogP) is 2.91. The standard InChI is InChI=1S/C9H14O2.C2H6/c1-9-6-4-2-3-5-7-10-8-11-9;1-2/h2-4,6,9H,5,7-8H2,1H3;1-2H3/b3-2-,6-4-;. The molecular weight excluding hydrogens is 164 g/mol. The third-order valence-electron chi connectivity index (χ3n) is 1.47. The van der Waals surface area contributed by atoms with Crippen LogP contribution in [0.3, 0.4) is 0 Å². The molecule has 0 aliphatic carbocycles. The molecular formula is C11H20O2. The van der Waals surface area contributed by atoms with E-state index >= 15 is 0 Å². The molecule has 0 spiro atoms. The second-order valence-electron chi connectivity index (χ2n) is 2.50. The number of hydrogen-bond acceptors (Lipinski definition) is 2. The van der Waals surface area contributed by atoms with Crippen molar-refractivity contribution >= 4 is 0 Å². The molecule has 0 saturated heterocycles. The van der Waals surface area contributed by atoms with E-state index in [0.717, 1.165) is 13.0 Å². The Morgan fingerprint density at radius 3 is 2.77 bits per heavy atom. The first kappa shape index (κ1) is 12.4. The average Bonchev–Trinajstić information content (AvgIpc) is 2.19. The van der Waals surface area contributed by atoms with Crippen LogP contribution >= 0.6 is 0 Å². The fraction of sp³-hybridized carbons (Fsp3) is 0.636. The normalized spacial score (nSPS) is 28.1. The Hall–Kier alpha value is -0.600. The van der Waals surface area contributed by atoms with E-state index in [0.29, 0.717) is 6.79 Å². The fourth-order valence-corrected chi connectivity index (χ4v) is 0.817. The maximum absolute atomic E-state index is 5.28. The Bertz CT molecular complexity index is 150. The summed E-state index contributed by atoms with van der Waals surface area (Å²) in [5, 5.41) is 0. The highest BCUT2D eigenvalue weighted by Crippen LogP contribution is 1.97. The van der Waals surface area contributed by atoms with E-state index in [4.69, 9.17) is 9.47 Å². The van der Waals surface area contributed by atoms with Crippen LogP contribution in [0, 0.1) is 0 Å². The van der Waals surface area contributed by atoms with E-state index in [1.807, 2.05) is 39.0 Å². The molecule has 76 valence electrons. The lowest BCUT2D eigenvalue weighted by Crippen LogP contribution is -2.09. The summed E-state index contributed by atoms with van der Waals surface area (Å²) >= 11 is 0. The Labute approximate surface area is 81.2 Å². The van der Waals surface area contributed by atoms with Crippen molar-refractivity contribution in [3.05, 3.63) is 24.3 Å². The molecule has 1 heterocycles. The molecule has 13 heavy (non-hydrogen) atoms. The van der Waals surface area contributed by atoms with Crippen LogP contribution < -0.4 is 0 Å². The average molecular weight is 184 g/mol. The van der Waals surface area contributed by atoms with Crippen LogP contribution in [0.5, 0.6) is 0 Å². The molecule has 0 radical (unpaired) electrons. The minimum atomic E-state index is 0.151. The summed E-state index contributed by atoms with van der Waals surface area (Å²) in [6.45, 7) is 7.14. The van der Waals surface area contributed by atoms with Gasteiger partial charge in [-0.2, -0.15) is 0 Å². The summed E-state index contributed by atoms with van der Waals surface area (Å²) in [7, 11) is 0. The lowest BCUT2D eigenvalue weighted by molar-refractivity contribution is -0.0692. The van der Waals surface area contributed by atoms with E-state index in [2.05, 4.69) is 6.08 Å². The van der Waals surface area contributed by atoms with Crippen molar-refractivity contribution in [1.29, 1.82) is 0 Å². The molecule has 0 saturated carbocycles. The van der Waals surface area contributed by atoms with Crippen LogP contribution in [0.25, 0.3) is 0 Å². The van der Waals surface area contributed by atoms with Gasteiger partial charge < -0.3 is 9.47 Å². The number of allylic oxidation sites excluding steroid dienone is 2. The highest BCUT2D eigenvalue weighted by atomic mass is 16.7. The Kier molecular flexibility index (Phi) is 9.05. The highest BCUT2D eigenvalue weighted by molar-refractivity contribution is 5.04. The molecule has 0 N–H and O–H groups in total.